The molecule has 2 fully saturated rings. The van der Waals surface area contributed by atoms with Crippen LogP contribution in [0.25, 0.3) is 0 Å². The summed E-state index contributed by atoms with van der Waals surface area (Å²) < 4.78 is 0. The van der Waals surface area contributed by atoms with Crippen molar-refractivity contribution in [3.63, 3.8) is 0 Å². The monoisotopic (exact) mass is 306 g/mol. The van der Waals surface area contributed by atoms with E-state index in [1.165, 1.54) is 25.7 Å². The minimum Gasteiger partial charge on any atom is -0.349 e. The summed E-state index contributed by atoms with van der Waals surface area (Å²) in [6.07, 6.45) is 6.51. The first-order valence-electron chi connectivity index (χ1n) is 7.95. The van der Waals surface area contributed by atoms with Crippen LogP contribution in [-0.4, -0.2) is 11.9 Å². The second-order valence-corrected chi connectivity index (χ2v) is 6.95. The second-order valence-electron chi connectivity index (χ2n) is 6.51. The highest BCUT2D eigenvalue weighted by molar-refractivity contribution is 6.30. The Morgan fingerprint density at radius 1 is 1.29 bits per heavy atom. The van der Waals surface area contributed by atoms with Crippen LogP contribution in [0.2, 0.25) is 5.02 Å². The maximum Gasteiger partial charge on any atom is 0.223 e. The third-order valence-electron chi connectivity index (χ3n) is 4.92. The van der Waals surface area contributed by atoms with Gasteiger partial charge in [0.15, 0.2) is 0 Å². The van der Waals surface area contributed by atoms with E-state index in [0.717, 1.165) is 23.4 Å². The van der Waals surface area contributed by atoms with Gasteiger partial charge >= 0.3 is 0 Å². The minimum atomic E-state index is 0.0931. The molecular formula is C17H23ClN2O. The van der Waals surface area contributed by atoms with Gasteiger partial charge in [-0.25, -0.2) is 0 Å². The van der Waals surface area contributed by atoms with Gasteiger partial charge in [-0.15, -0.1) is 0 Å². The van der Waals surface area contributed by atoms with Crippen LogP contribution in [-0.2, 0) is 4.79 Å². The van der Waals surface area contributed by atoms with Crippen molar-refractivity contribution < 1.29 is 4.79 Å². The summed E-state index contributed by atoms with van der Waals surface area (Å²) in [5.41, 5.74) is 6.92. The van der Waals surface area contributed by atoms with E-state index in [4.69, 9.17) is 17.3 Å². The van der Waals surface area contributed by atoms with Crippen LogP contribution in [0.15, 0.2) is 24.3 Å². The van der Waals surface area contributed by atoms with Gasteiger partial charge in [0.25, 0.3) is 0 Å². The molecule has 0 unspecified atom stereocenters. The highest BCUT2D eigenvalue weighted by Gasteiger charge is 2.35. The maximum absolute atomic E-state index is 12.4. The summed E-state index contributed by atoms with van der Waals surface area (Å²) >= 11 is 6.12. The summed E-state index contributed by atoms with van der Waals surface area (Å²) in [6, 6.07) is 8.19. The van der Waals surface area contributed by atoms with Crippen LogP contribution < -0.4 is 11.1 Å². The Morgan fingerprint density at radius 3 is 2.62 bits per heavy atom. The Labute approximate surface area is 131 Å². The fraction of sp³-hybridized carbons (Fsp3) is 0.588. The summed E-state index contributed by atoms with van der Waals surface area (Å²) in [7, 11) is 0. The predicted molar refractivity (Wildman–Crippen MR) is 85.0 cm³/mol. The topological polar surface area (TPSA) is 55.1 Å². The zero-order chi connectivity index (χ0) is 14.8. The number of carbonyl (C=O) groups excluding carboxylic acids is 1. The molecule has 1 amide bonds. The van der Waals surface area contributed by atoms with E-state index in [1.807, 2.05) is 18.2 Å². The minimum absolute atomic E-state index is 0.0931. The lowest BCUT2D eigenvalue weighted by molar-refractivity contribution is -0.129. The number of benzene rings is 1. The highest BCUT2D eigenvalue weighted by atomic mass is 35.5. The van der Waals surface area contributed by atoms with Crippen LogP contribution in [0.1, 0.15) is 50.1 Å². The molecule has 1 atom stereocenters. The summed E-state index contributed by atoms with van der Waals surface area (Å²) in [6.45, 7) is 0. The van der Waals surface area contributed by atoms with E-state index in [-0.39, 0.29) is 23.9 Å². The van der Waals surface area contributed by atoms with E-state index in [2.05, 4.69) is 11.4 Å². The molecule has 21 heavy (non-hydrogen) atoms. The van der Waals surface area contributed by atoms with E-state index in [9.17, 15) is 4.79 Å². The van der Waals surface area contributed by atoms with Crippen molar-refractivity contribution in [3.05, 3.63) is 34.9 Å². The SMILES string of the molecule is NC1CC(C(=O)N[C@H](c2cccc(Cl)c2)C2CCCC2)C1. The van der Waals surface area contributed by atoms with Gasteiger partial charge in [0.1, 0.15) is 0 Å². The van der Waals surface area contributed by atoms with Gasteiger partial charge in [0, 0.05) is 17.0 Å². The number of nitrogens with one attached hydrogen (secondary N) is 1. The van der Waals surface area contributed by atoms with Crippen molar-refractivity contribution in [2.75, 3.05) is 0 Å². The molecule has 0 spiro atoms. The molecule has 3 N–H and O–H groups in total. The van der Waals surface area contributed by atoms with Gasteiger partial charge in [-0.2, -0.15) is 0 Å². The van der Waals surface area contributed by atoms with Gasteiger partial charge in [-0.05, 0) is 49.3 Å². The van der Waals surface area contributed by atoms with Gasteiger partial charge in [-0.1, -0.05) is 36.6 Å². The molecule has 1 aromatic carbocycles. The van der Waals surface area contributed by atoms with Gasteiger partial charge in [0.05, 0.1) is 6.04 Å². The summed E-state index contributed by atoms with van der Waals surface area (Å²) in [5, 5.41) is 4.00. The van der Waals surface area contributed by atoms with E-state index in [0.29, 0.717) is 5.92 Å². The number of carbonyl (C=O) groups is 1. The fourth-order valence-electron chi connectivity index (χ4n) is 3.61. The molecule has 3 nitrogen and oxygen atoms in total. The van der Waals surface area contributed by atoms with Crippen molar-refractivity contribution in [1.29, 1.82) is 0 Å². The molecule has 1 aromatic rings. The smallest absolute Gasteiger partial charge is 0.223 e. The third-order valence-corrected chi connectivity index (χ3v) is 5.16. The Balaban J connectivity index is 1.74. The van der Waals surface area contributed by atoms with Crippen LogP contribution in [0, 0.1) is 11.8 Å². The molecule has 0 bridgehead atoms. The summed E-state index contributed by atoms with van der Waals surface area (Å²) in [5.74, 6) is 0.790. The molecule has 4 heteroatoms. The molecule has 0 saturated heterocycles. The zero-order valence-electron chi connectivity index (χ0n) is 12.2. The van der Waals surface area contributed by atoms with E-state index in [1.54, 1.807) is 0 Å². The lowest BCUT2D eigenvalue weighted by Gasteiger charge is -2.34. The molecular weight excluding hydrogens is 284 g/mol. The number of hydrogen-bond acceptors (Lipinski definition) is 2. The molecule has 0 aliphatic heterocycles. The average Bonchev–Trinajstić information content (AvgIpc) is 2.95. The Bertz CT molecular complexity index is 507. The molecule has 2 aliphatic rings. The molecule has 0 radical (unpaired) electrons. The van der Waals surface area contributed by atoms with E-state index >= 15 is 0 Å². The van der Waals surface area contributed by atoms with Crippen molar-refractivity contribution >= 4 is 17.5 Å². The van der Waals surface area contributed by atoms with E-state index < -0.39 is 0 Å². The number of halogens is 1. The number of amides is 1. The standard InChI is InChI=1S/C17H23ClN2O/c18-14-7-3-6-12(8-14)16(11-4-1-2-5-11)20-17(21)13-9-15(19)10-13/h3,6-8,11,13,15-16H,1-2,4-5,9-10,19H2,(H,20,21)/t13?,15?,16-/m0/s1. The van der Waals surface area contributed by atoms with Crippen LogP contribution >= 0.6 is 11.6 Å². The molecule has 2 aliphatic carbocycles. The van der Waals surface area contributed by atoms with Crippen molar-refractivity contribution in [1.82, 2.24) is 5.32 Å². The fourth-order valence-corrected chi connectivity index (χ4v) is 3.81. The van der Waals surface area contributed by atoms with Crippen LogP contribution in [0.5, 0.6) is 0 Å². The zero-order valence-corrected chi connectivity index (χ0v) is 13.0. The first-order chi connectivity index (χ1) is 10.1. The van der Waals surface area contributed by atoms with Crippen molar-refractivity contribution in [3.8, 4) is 0 Å². The number of rotatable bonds is 4. The molecule has 2 saturated carbocycles. The Hall–Kier alpha value is -1.06. The van der Waals surface area contributed by atoms with Gasteiger partial charge < -0.3 is 11.1 Å². The second kappa shape index (κ2) is 6.37. The lowest BCUT2D eigenvalue weighted by atomic mass is 9.79. The summed E-state index contributed by atoms with van der Waals surface area (Å²) in [4.78, 5) is 12.4. The largest absolute Gasteiger partial charge is 0.349 e. The quantitative estimate of drug-likeness (QED) is 0.895. The molecule has 114 valence electrons. The first kappa shape index (κ1) is 14.9. The number of hydrogen-bond donors (Lipinski definition) is 2. The Kier molecular flexibility index (Phi) is 4.51. The molecule has 3 rings (SSSR count). The maximum atomic E-state index is 12.4. The van der Waals surface area contributed by atoms with Gasteiger partial charge in [0.2, 0.25) is 5.91 Å². The Morgan fingerprint density at radius 2 is 2.00 bits per heavy atom. The van der Waals surface area contributed by atoms with Crippen LogP contribution in [0.3, 0.4) is 0 Å². The average molecular weight is 307 g/mol. The first-order valence-corrected chi connectivity index (χ1v) is 8.32. The lowest BCUT2D eigenvalue weighted by Crippen LogP contribution is -2.46. The molecule has 0 aromatic heterocycles. The highest BCUT2D eigenvalue weighted by Crippen LogP contribution is 2.37. The van der Waals surface area contributed by atoms with Crippen molar-refractivity contribution in [2.45, 2.75) is 50.6 Å². The molecule has 0 heterocycles. The van der Waals surface area contributed by atoms with Crippen molar-refractivity contribution in [2.24, 2.45) is 17.6 Å². The normalized spacial score (nSPS) is 27.1. The number of nitrogens with two attached hydrogens (primary N) is 1. The van der Waals surface area contributed by atoms with Crippen LogP contribution in [0.4, 0.5) is 0 Å². The predicted octanol–water partition coefficient (Wildman–Crippen LogP) is 3.42. The third kappa shape index (κ3) is 3.41. The van der Waals surface area contributed by atoms with Gasteiger partial charge in [-0.3, -0.25) is 4.79 Å².